The molecular weight excluding hydrogens is 395 g/mol. The summed E-state index contributed by atoms with van der Waals surface area (Å²) in [7, 11) is 0. The van der Waals surface area contributed by atoms with Crippen LogP contribution >= 0.6 is 0 Å². The molecule has 2 aromatic carbocycles. The van der Waals surface area contributed by atoms with E-state index in [-0.39, 0.29) is 11.4 Å². The molecule has 4 aromatic rings. The lowest BCUT2D eigenvalue weighted by Gasteiger charge is -2.05. The first-order chi connectivity index (χ1) is 14.4. The normalized spacial score (nSPS) is 11.8. The minimum atomic E-state index is -4.50. The number of pyridine rings is 1. The Labute approximate surface area is 168 Å². The maximum atomic E-state index is 13.0. The van der Waals surface area contributed by atoms with Crippen LogP contribution in [0.4, 0.5) is 24.5 Å². The van der Waals surface area contributed by atoms with Crippen LogP contribution in [0.3, 0.4) is 0 Å². The van der Waals surface area contributed by atoms with Crippen molar-refractivity contribution < 1.29 is 13.2 Å². The minimum absolute atomic E-state index is 0.0196. The summed E-state index contributed by atoms with van der Waals surface area (Å²) in [5, 5.41) is 10.8. The van der Waals surface area contributed by atoms with Crippen molar-refractivity contribution in [3.8, 4) is 16.9 Å². The van der Waals surface area contributed by atoms with E-state index in [9.17, 15) is 18.0 Å². The standard InChI is InChI=1S/C21H14F3N5O/c22-21(23,24)15-7-4-8-16(12-15)26-27-19-18(14-6-5-11-25-13-14)28-29(20(19)30)17-9-2-1-3-10-17/h1-13,28H. The predicted octanol–water partition coefficient (Wildman–Crippen LogP) is 5.66. The number of para-hydroxylation sites is 1. The summed E-state index contributed by atoms with van der Waals surface area (Å²) in [6.45, 7) is 0. The number of alkyl halides is 3. The number of nitrogens with zero attached hydrogens (tertiary/aromatic N) is 4. The fourth-order valence-electron chi connectivity index (χ4n) is 2.84. The van der Waals surface area contributed by atoms with Crippen LogP contribution in [0.15, 0.2) is 94.1 Å². The molecule has 2 heterocycles. The number of aromatic amines is 1. The van der Waals surface area contributed by atoms with Crippen molar-refractivity contribution in [1.82, 2.24) is 14.8 Å². The van der Waals surface area contributed by atoms with Gasteiger partial charge in [-0.25, -0.2) is 4.68 Å². The second-order valence-corrected chi connectivity index (χ2v) is 6.30. The first kappa shape index (κ1) is 19.3. The Kier molecular flexibility index (Phi) is 5.01. The first-order valence-corrected chi connectivity index (χ1v) is 8.83. The fraction of sp³-hybridized carbons (Fsp3) is 0.0476. The van der Waals surface area contributed by atoms with E-state index in [2.05, 4.69) is 20.3 Å². The molecule has 2 aromatic heterocycles. The number of benzene rings is 2. The summed E-state index contributed by atoms with van der Waals surface area (Å²) in [6, 6.07) is 16.7. The third-order valence-corrected chi connectivity index (χ3v) is 4.27. The van der Waals surface area contributed by atoms with Crippen molar-refractivity contribution in [2.45, 2.75) is 6.18 Å². The summed E-state index contributed by atoms with van der Waals surface area (Å²) in [5.74, 6) is 0. The topological polar surface area (TPSA) is 75.4 Å². The Bertz CT molecular complexity index is 1250. The molecular formula is C21H14F3N5O. The zero-order valence-corrected chi connectivity index (χ0v) is 15.3. The summed E-state index contributed by atoms with van der Waals surface area (Å²) in [4.78, 5) is 17.0. The molecule has 1 N–H and O–H groups in total. The number of halogens is 3. The third-order valence-electron chi connectivity index (χ3n) is 4.27. The van der Waals surface area contributed by atoms with E-state index >= 15 is 0 Å². The Morgan fingerprint density at radius 1 is 0.933 bits per heavy atom. The van der Waals surface area contributed by atoms with Crippen LogP contribution in [-0.2, 0) is 6.18 Å². The Balaban J connectivity index is 1.82. The molecule has 4 rings (SSSR count). The van der Waals surface area contributed by atoms with Gasteiger partial charge in [-0.1, -0.05) is 24.3 Å². The van der Waals surface area contributed by atoms with Gasteiger partial charge in [-0.15, -0.1) is 5.11 Å². The Morgan fingerprint density at radius 3 is 2.43 bits per heavy atom. The molecule has 0 spiro atoms. The molecule has 0 aliphatic heterocycles. The van der Waals surface area contributed by atoms with E-state index in [0.717, 1.165) is 12.1 Å². The van der Waals surface area contributed by atoms with Crippen LogP contribution in [-0.4, -0.2) is 14.8 Å². The highest BCUT2D eigenvalue weighted by Gasteiger charge is 2.30. The number of nitrogens with one attached hydrogen (secondary N) is 1. The van der Waals surface area contributed by atoms with Crippen molar-refractivity contribution in [2.24, 2.45) is 10.2 Å². The quantitative estimate of drug-likeness (QED) is 0.442. The van der Waals surface area contributed by atoms with Gasteiger partial charge in [0, 0.05) is 18.0 Å². The number of hydrogen-bond acceptors (Lipinski definition) is 4. The van der Waals surface area contributed by atoms with Gasteiger partial charge in [0.05, 0.1) is 22.6 Å². The second-order valence-electron chi connectivity index (χ2n) is 6.30. The van der Waals surface area contributed by atoms with Gasteiger partial charge >= 0.3 is 6.18 Å². The van der Waals surface area contributed by atoms with Gasteiger partial charge in [0.1, 0.15) is 0 Å². The van der Waals surface area contributed by atoms with Crippen molar-refractivity contribution >= 4 is 11.4 Å². The van der Waals surface area contributed by atoms with E-state index < -0.39 is 17.3 Å². The maximum Gasteiger partial charge on any atom is 0.416 e. The lowest BCUT2D eigenvalue weighted by atomic mass is 10.2. The molecule has 150 valence electrons. The van der Waals surface area contributed by atoms with E-state index in [1.54, 1.807) is 48.8 Å². The number of hydrogen-bond donors (Lipinski definition) is 1. The zero-order chi connectivity index (χ0) is 21.1. The summed E-state index contributed by atoms with van der Waals surface area (Å²) >= 11 is 0. The number of azo groups is 1. The van der Waals surface area contributed by atoms with E-state index in [1.807, 2.05) is 6.07 Å². The van der Waals surface area contributed by atoms with E-state index in [0.29, 0.717) is 16.9 Å². The molecule has 0 radical (unpaired) electrons. The highest BCUT2D eigenvalue weighted by molar-refractivity contribution is 5.71. The third kappa shape index (κ3) is 3.90. The van der Waals surface area contributed by atoms with Crippen LogP contribution in [0.2, 0.25) is 0 Å². The molecule has 0 saturated carbocycles. The highest BCUT2D eigenvalue weighted by Crippen LogP contribution is 2.32. The largest absolute Gasteiger partial charge is 0.416 e. The van der Waals surface area contributed by atoms with Crippen molar-refractivity contribution in [3.05, 3.63) is 95.0 Å². The monoisotopic (exact) mass is 409 g/mol. The molecule has 30 heavy (non-hydrogen) atoms. The van der Waals surface area contributed by atoms with Crippen LogP contribution < -0.4 is 5.56 Å². The average molecular weight is 409 g/mol. The second kappa shape index (κ2) is 7.78. The SMILES string of the molecule is O=c1c(N=Nc2cccc(C(F)(F)F)c2)c(-c2cccnc2)[nH]n1-c1ccccc1. The van der Waals surface area contributed by atoms with Gasteiger partial charge in [-0.05, 0) is 42.5 Å². The summed E-state index contributed by atoms with van der Waals surface area (Å²) < 4.78 is 40.1. The maximum absolute atomic E-state index is 13.0. The molecule has 0 amide bonds. The molecule has 0 atom stereocenters. The molecule has 0 aliphatic carbocycles. The van der Waals surface area contributed by atoms with Crippen LogP contribution in [0.5, 0.6) is 0 Å². The molecule has 0 bridgehead atoms. The highest BCUT2D eigenvalue weighted by atomic mass is 19.4. The molecule has 9 heteroatoms. The van der Waals surface area contributed by atoms with Gasteiger partial charge in [-0.3, -0.25) is 14.9 Å². The van der Waals surface area contributed by atoms with Crippen LogP contribution in [0, 0.1) is 0 Å². The molecule has 0 unspecified atom stereocenters. The van der Waals surface area contributed by atoms with Crippen molar-refractivity contribution in [2.75, 3.05) is 0 Å². The van der Waals surface area contributed by atoms with Gasteiger partial charge in [0.25, 0.3) is 5.56 Å². The average Bonchev–Trinajstić information content (AvgIpc) is 3.09. The number of H-pyrrole nitrogens is 1. The summed E-state index contributed by atoms with van der Waals surface area (Å²) in [5.41, 5.74) is 0.124. The first-order valence-electron chi connectivity index (χ1n) is 8.83. The van der Waals surface area contributed by atoms with Gasteiger partial charge in [-0.2, -0.15) is 18.3 Å². The van der Waals surface area contributed by atoms with E-state index in [1.165, 1.54) is 16.8 Å². The fourth-order valence-corrected chi connectivity index (χ4v) is 2.84. The zero-order valence-electron chi connectivity index (χ0n) is 15.3. The van der Waals surface area contributed by atoms with E-state index in [4.69, 9.17) is 0 Å². The van der Waals surface area contributed by atoms with Gasteiger partial charge < -0.3 is 0 Å². The van der Waals surface area contributed by atoms with Crippen molar-refractivity contribution in [3.63, 3.8) is 0 Å². The van der Waals surface area contributed by atoms with Gasteiger partial charge in [0.2, 0.25) is 0 Å². The lowest BCUT2D eigenvalue weighted by molar-refractivity contribution is -0.137. The predicted molar refractivity (Wildman–Crippen MR) is 105 cm³/mol. The minimum Gasteiger partial charge on any atom is -0.288 e. The van der Waals surface area contributed by atoms with Crippen LogP contribution in [0.1, 0.15) is 5.56 Å². The summed E-state index contributed by atoms with van der Waals surface area (Å²) in [6.07, 6.45) is -1.37. The number of rotatable bonds is 4. The molecule has 0 fully saturated rings. The lowest BCUT2D eigenvalue weighted by Crippen LogP contribution is -2.13. The molecule has 6 nitrogen and oxygen atoms in total. The van der Waals surface area contributed by atoms with Crippen molar-refractivity contribution in [1.29, 1.82) is 0 Å². The Morgan fingerprint density at radius 2 is 1.73 bits per heavy atom. The number of aromatic nitrogens is 3. The smallest absolute Gasteiger partial charge is 0.288 e. The van der Waals surface area contributed by atoms with Crippen LogP contribution in [0.25, 0.3) is 16.9 Å². The molecule has 0 saturated heterocycles. The molecule has 0 aliphatic rings. The van der Waals surface area contributed by atoms with Gasteiger partial charge in [0.15, 0.2) is 5.69 Å². The Hall–Kier alpha value is -4.01.